The van der Waals surface area contributed by atoms with Gasteiger partial charge in [-0.3, -0.25) is 0 Å². The van der Waals surface area contributed by atoms with Crippen LogP contribution in [0.4, 0.5) is 0 Å². The quantitative estimate of drug-likeness (QED) is 0.689. The molecule has 110 valence electrons. The predicted octanol–water partition coefficient (Wildman–Crippen LogP) is 5.22. The van der Waals surface area contributed by atoms with Crippen LogP contribution in [0.3, 0.4) is 0 Å². The van der Waals surface area contributed by atoms with E-state index in [1.807, 2.05) is 0 Å². The highest BCUT2D eigenvalue weighted by atomic mass is 14.9. The fourth-order valence-electron chi connectivity index (χ4n) is 4.04. The molecular formula is C18H33N. The Morgan fingerprint density at radius 3 is 2.26 bits per heavy atom. The highest BCUT2D eigenvalue weighted by Gasteiger charge is 2.23. The van der Waals surface area contributed by atoms with Gasteiger partial charge in [-0.25, -0.2) is 0 Å². The summed E-state index contributed by atoms with van der Waals surface area (Å²) in [5.74, 6) is 0.899. The van der Waals surface area contributed by atoms with Gasteiger partial charge in [0.2, 0.25) is 0 Å². The van der Waals surface area contributed by atoms with Gasteiger partial charge in [-0.15, -0.1) is 0 Å². The van der Waals surface area contributed by atoms with Crippen molar-refractivity contribution >= 4 is 0 Å². The first-order valence-electron chi connectivity index (χ1n) is 8.78. The van der Waals surface area contributed by atoms with E-state index in [-0.39, 0.29) is 0 Å². The average molecular weight is 263 g/mol. The van der Waals surface area contributed by atoms with E-state index in [9.17, 15) is 0 Å². The Morgan fingerprint density at radius 2 is 1.53 bits per heavy atom. The first-order valence-corrected chi connectivity index (χ1v) is 8.78. The Hall–Kier alpha value is -0.300. The zero-order valence-corrected chi connectivity index (χ0v) is 12.9. The minimum atomic E-state index is 0.677. The molecule has 0 aliphatic heterocycles. The highest BCUT2D eigenvalue weighted by molar-refractivity contribution is 5.13. The van der Waals surface area contributed by atoms with E-state index in [1.165, 1.54) is 83.5 Å². The Labute approximate surface area is 120 Å². The van der Waals surface area contributed by atoms with Crippen molar-refractivity contribution < 1.29 is 0 Å². The molecule has 2 aliphatic carbocycles. The Morgan fingerprint density at radius 1 is 0.895 bits per heavy atom. The summed E-state index contributed by atoms with van der Waals surface area (Å²) in [6.45, 7) is 0. The van der Waals surface area contributed by atoms with E-state index in [0.717, 1.165) is 5.92 Å². The summed E-state index contributed by atoms with van der Waals surface area (Å²) in [6.07, 6.45) is 21.2. The third-order valence-corrected chi connectivity index (χ3v) is 5.16. The van der Waals surface area contributed by atoms with Crippen LogP contribution in [0, 0.1) is 5.92 Å². The van der Waals surface area contributed by atoms with Crippen molar-refractivity contribution in [3.05, 3.63) is 11.6 Å². The molecule has 2 aliphatic rings. The van der Waals surface area contributed by atoms with Crippen LogP contribution >= 0.6 is 0 Å². The molecular weight excluding hydrogens is 230 g/mol. The van der Waals surface area contributed by atoms with E-state index in [1.54, 1.807) is 5.57 Å². The molecule has 0 spiro atoms. The van der Waals surface area contributed by atoms with Crippen LogP contribution in [-0.4, -0.2) is 13.1 Å². The van der Waals surface area contributed by atoms with Crippen LogP contribution < -0.4 is 5.32 Å². The number of hydrogen-bond donors (Lipinski definition) is 1. The molecule has 0 saturated heterocycles. The van der Waals surface area contributed by atoms with E-state index in [4.69, 9.17) is 0 Å². The van der Waals surface area contributed by atoms with Crippen molar-refractivity contribution in [3.63, 3.8) is 0 Å². The van der Waals surface area contributed by atoms with Gasteiger partial charge in [-0.05, 0) is 51.5 Å². The smallest absolute Gasteiger partial charge is 0.0305 e. The second kappa shape index (κ2) is 8.79. The molecule has 1 nitrogen and oxygen atoms in total. The van der Waals surface area contributed by atoms with Crippen LogP contribution in [0.15, 0.2) is 11.6 Å². The molecule has 0 radical (unpaired) electrons. The second-order valence-corrected chi connectivity index (χ2v) is 6.60. The van der Waals surface area contributed by atoms with Crippen molar-refractivity contribution in [1.29, 1.82) is 0 Å². The van der Waals surface area contributed by atoms with Crippen LogP contribution in [0.1, 0.15) is 83.5 Å². The zero-order valence-electron chi connectivity index (χ0n) is 12.9. The van der Waals surface area contributed by atoms with Gasteiger partial charge in [-0.1, -0.05) is 56.6 Å². The monoisotopic (exact) mass is 263 g/mol. The SMILES string of the molecule is CNC(C1=CCCCCCC1)C1CCCCCCC1. The van der Waals surface area contributed by atoms with Crippen molar-refractivity contribution in [2.45, 2.75) is 89.5 Å². The summed E-state index contributed by atoms with van der Waals surface area (Å²) in [4.78, 5) is 0. The normalized spacial score (nSPS) is 25.6. The summed E-state index contributed by atoms with van der Waals surface area (Å²) in [7, 11) is 2.18. The number of hydrogen-bond acceptors (Lipinski definition) is 1. The van der Waals surface area contributed by atoms with Gasteiger partial charge in [0.1, 0.15) is 0 Å². The fourth-order valence-corrected chi connectivity index (χ4v) is 4.04. The molecule has 1 saturated carbocycles. The molecule has 1 fully saturated rings. The van der Waals surface area contributed by atoms with Gasteiger partial charge >= 0.3 is 0 Å². The van der Waals surface area contributed by atoms with Crippen LogP contribution in [0.25, 0.3) is 0 Å². The van der Waals surface area contributed by atoms with Crippen molar-refractivity contribution in [2.24, 2.45) is 5.92 Å². The van der Waals surface area contributed by atoms with Crippen molar-refractivity contribution in [1.82, 2.24) is 5.32 Å². The first kappa shape index (κ1) is 15.1. The maximum Gasteiger partial charge on any atom is 0.0305 e. The van der Waals surface area contributed by atoms with Crippen LogP contribution in [-0.2, 0) is 0 Å². The maximum atomic E-state index is 3.67. The Balaban J connectivity index is 1.98. The number of allylic oxidation sites excluding steroid dienone is 1. The lowest BCUT2D eigenvalue weighted by Gasteiger charge is -2.31. The number of likely N-dealkylation sites (N-methyl/N-ethyl adjacent to an activating group) is 1. The van der Waals surface area contributed by atoms with Gasteiger partial charge in [0, 0.05) is 6.04 Å². The average Bonchev–Trinajstić information content (AvgIpc) is 2.34. The molecule has 1 atom stereocenters. The van der Waals surface area contributed by atoms with Gasteiger partial charge in [0.05, 0.1) is 0 Å². The van der Waals surface area contributed by atoms with Gasteiger partial charge in [0.15, 0.2) is 0 Å². The zero-order chi connectivity index (χ0) is 13.3. The third kappa shape index (κ3) is 4.95. The molecule has 1 N–H and O–H groups in total. The standard InChI is InChI=1S/C18H33N/c1-19-18(16-12-8-4-2-5-9-13-16)17-14-10-6-3-7-11-15-17/h12,17-19H,2-11,13-15H2,1H3. The first-order chi connectivity index (χ1) is 9.42. The fraction of sp³-hybridized carbons (Fsp3) is 0.889. The number of nitrogens with one attached hydrogen (secondary N) is 1. The predicted molar refractivity (Wildman–Crippen MR) is 84.4 cm³/mol. The van der Waals surface area contributed by atoms with Crippen LogP contribution in [0.2, 0.25) is 0 Å². The Kier molecular flexibility index (Phi) is 6.98. The third-order valence-electron chi connectivity index (χ3n) is 5.16. The summed E-state index contributed by atoms with van der Waals surface area (Å²) in [6, 6.07) is 0.677. The lowest BCUT2D eigenvalue weighted by Crippen LogP contribution is -2.36. The van der Waals surface area contributed by atoms with Gasteiger partial charge in [-0.2, -0.15) is 0 Å². The molecule has 19 heavy (non-hydrogen) atoms. The Bertz CT molecular complexity index is 261. The molecule has 0 bridgehead atoms. The van der Waals surface area contributed by atoms with E-state index in [0.29, 0.717) is 6.04 Å². The van der Waals surface area contributed by atoms with Crippen molar-refractivity contribution in [2.75, 3.05) is 7.05 Å². The maximum absolute atomic E-state index is 3.67. The van der Waals surface area contributed by atoms with Crippen LogP contribution in [0.5, 0.6) is 0 Å². The summed E-state index contributed by atoms with van der Waals surface area (Å²) in [5.41, 5.74) is 1.74. The molecule has 1 unspecified atom stereocenters. The minimum absolute atomic E-state index is 0.677. The van der Waals surface area contributed by atoms with Crippen molar-refractivity contribution in [3.8, 4) is 0 Å². The largest absolute Gasteiger partial charge is 0.313 e. The molecule has 0 amide bonds. The minimum Gasteiger partial charge on any atom is -0.313 e. The van der Waals surface area contributed by atoms with Gasteiger partial charge < -0.3 is 5.32 Å². The van der Waals surface area contributed by atoms with E-state index >= 15 is 0 Å². The molecule has 0 heterocycles. The summed E-state index contributed by atoms with van der Waals surface area (Å²) < 4.78 is 0. The van der Waals surface area contributed by atoms with Gasteiger partial charge in [0.25, 0.3) is 0 Å². The summed E-state index contributed by atoms with van der Waals surface area (Å²) in [5, 5.41) is 3.67. The molecule has 0 aromatic carbocycles. The topological polar surface area (TPSA) is 12.0 Å². The molecule has 0 aromatic heterocycles. The second-order valence-electron chi connectivity index (χ2n) is 6.60. The summed E-state index contributed by atoms with van der Waals surface area (Å²) >= 11 is 0. The lowest BCUT2D eigenvalue weighted by molar-refractivity contribution is 0.314. The van der Waals surface area contributed by atoms with E-state index < -0.39 is 0 Å². The molecule has 1 heteroatoms. The highest BCUT2D eigenvalue weighted by Crippen LogP contribution is 2.30. The number of rotatable bonds is 3. The lowest BCUT2D eigenvalue weighted by atomic mass is 9.80. The molecule has 0 aromatic rings. The molecule has 2 rings (SSSR count). The van der Waals surface area contributed by atoms with E-state index in [2.05, 4.69) is 18.4 Å².